The number of benzene rings is 1. The van der Waals surface area contributed by atoms with E-state index < -0.39 is 0 Å². The first kappa shape index (κ1) is 12.9. The Labute approximate surface area is 121 Å². The Hall–Kier alpha value is -1.16. The van der Waals surface area contributed by atoms with Crippen molar-refractivity contribution in [3.8, 4) is 0 Å². The highest BCUT2D eigenvalue weighted by atomic mass is 32.1. The molecule has 1 aromatic carbocycles. The van der Waals surface area contributed by atoms with Crippen molar-refractivity contribution in [1.29, 1.82) is 0 Å². The molecule has 0 aliphatic carbocycles. The van der Waals surface area contributed by atoms with E-state index in [0.717, 1.165) is 19.3 Å². The van der Waals surface area contributed by atoms with Gasteiger partial charge >= 0.3 is 0 Å². The summed E-state index contributed by atoms with van der Waals surface area (Å²) in [5, 5.41) is 2.14. The van der Waals surface area contributed by atoms with E-state index in [4.69, 9.17) is 5.73 Å². The summed E-state index contributed by atoms with van der Waals surface area (Å²) in [5.41, 5.74) is 7.70. The zero-order valence-electron chi connectivity index (χ0n) is 10.7. The van der Waals surface area contributed by atoms with Gasteiger partial charge < -0.3 is 5.73 Å². The molecule has 0 aliphatic rings. The monoisotopic (exact) mass is 287 g/mol. The van der Waals surface area contributed by atoms with Gasteiger partial charge in [0, 0.05) is 20.3 Å². The Morgan fingerprint density at radius 2 is 1.89 bits per heavy atom. The number of nitrogens with two attached hydrogens (primary N) is 1. The highest BCUT2D eigenvalue weighted by Crippen LogP contribution is 2.34. The zero-order valence-corrected chi connectivity index (χ0v) is 12.3. The molecule has 1 nitrogen and oxygen atoms in total. The Bertz CT molecular complexity index is 610. The maximum Gasteiger partial charge on any atom is 0.0454 e. The number of hydrogen-bond donors (Lipinski definition) is 1. The molecule has 0 spiro atoms. The SMILES string of the molecule is NC(CCCc1ccccc1)c1cc2sccc2s1. The minimum atomic E-state index is 0.188. The van der Waals surface area contributed by atoms with Crippen LogP contribution in [0.4, 0.5) is 0 Å². The van der Waals surface area contributed by atoms with Crippen LogP contribution in [-0.4, -0.2) is 0 Å². The van der Waals surface area contributed by atoms with Gasteiger partial charge in [0.05, 0.1) is 0 Å². The molecule has 98 valence electrons. The highest BCUT2D eigenvalue weighted by molar-refractivity contribution is 7.26. The normalized spacial score (nSPS) is 12.9. The van der Waals surface area contributed by atoms with Gasteiger partial charge in [0.25, 0.3) is 0 Å². The van der Waals surface area contributed by atoms with Crippen LogP contribution >= 0.6 is 22.7 Å². The van der Waals surface area contributed by atoms with Gasteiger partial charge in [0.15, 0.2) is 0 Å². The van der Waals surface area contributed by atoms with E-state index >= 15 is 0 Å². The predicted molar refractivity (Wildman–Crippen MR) is 86.0 cm³/mol. The second kappa shape index (κ2) is 5.87. The van der Waals surface area contributed by atoms with Gasteiger partial charge in [-0.1, -0.05) is 30.3 Å². The Balaban J connectivity index is 1.56. The fourth-order valence-electron chi connectivity index (χ4n) is 2.28. The van der Waals surface area contributed by atoms with Crippen LogP contribution in [0.2, 0.25) is 0 Å². The third-order valence-electron chi connectivity index (χ3n) is 3.35. The number of rotatable bonds is 5. The van der Waals surface area contributed by atoms with Crippen molar-refractivity contribution in [3.63, 3.8) is 0 Å². The molecule has 19 heavy (non-hydrogen) atoms. The fourth-order valence-corrected chi connectivity index (χ4v) is 4.44. The van der Waals surface area contributed by atoms with Crippen molar-refractivity contribution in [2.45, 2.75) is 25.3 Å². The third kappa shape index (κ3) is 3.06. The molecule has 3 rings (SSSR count). The van der Waals surface area contributed by atoms with Gasteiger partial charge in [-0.25, -0.2) is 0 Å². The van der Waals surface area contributed by atoms with Crippen LogP contribution in [0.1, 0.15) is 29.3 Å². The molecular formula is C16H17NS2. The first-order valence-electron chi connectivity index (χ1n) is 6.59. The number of aryl methyl sites for hydroxylation is 1. The molecule has 2 heterocycles. The lowest BCUT2D eigenvalue weighted by atomic mass is 10.0. The van der Waals surface area contributed by atoms with Crippen molar-refractivity contribution in [2.24, 2.45) is 5.73 Å². The molecule has 3 aromatic rings. The lowest BCUT2D eigenvalue weighted by Gasteiger charge is -2.09. The summed E-state index contributed by atoms with van der Waals surface area (Å²) in [6, 6.07) is 15.3. The standard InChI is InChI=1S/C16H17NS2/c17-13(8-4-7-12-5-2-1-3-6-12)15-11-16-14(19-15)9-10-18-16/h1-3,5-6,9-11,13H,4,7-8,17H2. The van der Waals surface area contributed by atoms with Crippen LogP contribution < -0.4 is 5.73 Å². The van der Waals surface area contributed by atoms with Crippen molar-refractivity contribution in [3.05, 3.63) is 58.3 Å². The van der Waals surface area contributed by atoms with Gasteiger partial charge in [-0.3, -0.25) is 0 Å². The molecule has 3 heteroatoms. The van der Waals surface area contributed by atoms with Crippen LogP contribution in [0.25, 0.3) is 9.40 Å². The maximum absolute atomic E-state index is 6.30. The number of thiophene rings is 2. The van der Waals surface area contributed by atoms with Crippen molar-refractivity contribution in [2.75, 3.05) is 0 Å². The Morgan fingerprint density at radius 1 is 1.05 bits per heavy atom. The second-order valence-electron chi connectivity index (χ2n) is 4.78. The van der Waals surface area contributed by atoms with E-state index in [9.17, 15) is 0 Å². The Morgan fingerprint density at radius 3 is 2.68 bits per heavy atom. The van der Waals surface area contributed by atoms with Crippen molar-refractivity contribution < 1.29 is 0 Å². The number of fused-ring (bicyclic) bond motifs is 1. The second-order valence-corrected chi connectivity index (χ2v) is 6.85. The quantitative estimate of drug-likeness (QED) is 0.703. The molecular weight excluding hydrogens is 270 g/mol. The van der Waals surface area contributed by atoms with E-state index in [2.05, 4.69) is 47.8 Å². The summed E-state index contributed by atoms with van der Waals surface area (Å²) >= 11 is 3.64. The van der Waals surface area contributed by atoms with E-state index in [-0.39, 0.29) is 6.04 Å². The first-order chi connectivity index (χ1) is 9.33. The summed E-state index contributed by atoms with van der Waals surface area (Å²) in [6.07, 6.45) is 3.33. The van der Waals surface area contributed by atoms with Gasteiger partial charge in [-0.2, -0.15) is 0 Å². The smallest absolute Gasteiger partial charge is 0.0454 e. The summed E-state index contributed by atoms with van der Waals surface area (Å²) < 4.78 is 2.75. The molecule has 1 atom stereocenters. The van der Waals surface area contributed by atoms with Crippen LogP contribution in [-0.2, 0) is 6.42 Å². The maximum atomic E-state index is 6.30. The van der Waals surface area contributed by atoms with E-state index in [1.165, 1.54) is 19.8 Å². The van der Waals surface area contributed by atoms with Gasteiger partial charge in [-0.05, 0) is 42.3 Å². The summed E-state index contributed by atoms with van der Waals surface area (Å²) in [4.78, 5) is 1.33. The molecule has 0 amide bonds. The molecule has 0 radical (unpaired) electrons. The zero-order chi connectivity index (χ0) is 13.1. The summed E-state index contributed by atoms with van der Waals surface area (Å²) in [7, 11) is 0. The van der Waals surface area contributed by atoms with Gasteiger partial charge in [-0.15, -0.1) is 22.7 Å². The molecule has 2 N–H and O–H groups in total. The molecule has 0 saturated carbocycles. The lowest BCUT2D eigenvalue weighted by molar-refractivity contribution is 0.620. The molecule has 2 aromatic heterocycles. The molecule has 1 unspecified atom stereocenters. The first-order valence-corrected chi connectivity index (χ1v) is 8.29. The Kier molecular flexibility index (Phi) is 3.97. The fraction of sp³-hybridized carbons (Fsp3) is 0.250. The predicted octanol–water partition coefficient (Wildman–Crippen LogP) is 4.99. The lowest BCUT2D eigenvalue weighted by Crippen LogP contribution is -2.08. The molecule has 0 bridgehead atoms. The molecule has 0 aliphatic heterocycles. The summed E-state index contributed by atoms with van der Waals surface area (Å²) in [5.74, 6) is 0. The minimum absolute atomic E-state index is 0.188. The third-order valence-corrected chi connectivity index (χ3v) is 5.57. The highest BCUT2D eigenvalue weighted by Gasteiger charge is 2.10. The summed E-state index contributed by atoms with van der Waals surface area (Å²) in [6.45, 7) is 0. The average molecular weight is 287 g/mol. The van der Waals surface area contributed by atoms with Crippen LogP contribution in [0, 0.1) is 0 Å². The van der Waals surface area contributed by atoms with E-state index in [0.29, 0.717) is 0 Å². The van der Waals surface area contributed by atoms with Gasteiger partial charge in [0.2, 0.25) is 0 Å². The van der Waals surface area contributed by atoms with E-state index in [1.807, 2.05) is 11.3 Å². The molecule has 0 fully saturated rings. The largest absolute Gasteiger partial charge is 0.323 e. The topological polar surface area (TPSA) is 26.0 Å². The van der Waals surface area contributed by atoms with E-state index in [1.54, 1.807) is 11.3 Å². The van der Waals surface area contributed by atoms with Crippen LogP contribution in [0.15, 0.2) is 47.8 Å². The average Bonchev–Trinajstić information content (AvgIpc) is 3.00. The minimum Gasteiger partial charge on any atom is -0.323 e. The van der Waals surface area contributed by atoms with Crippen molar-refractivity contribution >= 4 is 32.1 Å². The van der Waals surface area contributed by atoms with Crippen molar-refractivity contribution in [1.82, 2.24) is 0 Å². The van der Waals surface area contributed by atoms with Crippen LogP contribution in [0.3, 0.4) is 0 Å². The van der Waals surface area contributed by atoms with Gasteiger partial charge in [0.1, 0.15) is 0 Å². The number of hydrogen-bond acceptors (Lipinski definition) is 3. The molecule has 0 saturated heterocycles. The van der Waals surface area contributed by atoms with Crippen LogP contribution in [0.5, 0.6) is 0 Å².